The molecule has 0 bridgehead atoms. The summed E-state index contributed by atoms with van der Waals surface area (Å²) in [6.07, 6.45) is 2.23. The van der Waals surface area contributed by atoms with Crippen LogP contribution < -0.4 is 10.6 Å². The molecule has 0 spiro atoms. The number of rotatable bonds is 4. The smallest absolute Gasteiger partial charge is 0.237 e. The Morgan fingerprint density at radius 1 is 1.36 bits per heavy atom. The van der Waals surface area contributed by atoms with Crippen LogP contribution in [0.25, 0.3) is 0 Å². The highest BCUT2D eigenvalue weighted by Crippen LogP contribution is 2.33. The van der Waals surface area contributed by atoms with Gasteiger partial charge in [0.25, 0.3) is 0 Å². The summed E-state index contributed by atoms with van der Waals surface area (Å²) < 4.78 is 5.94. The Morgan fingerprint density at radius 3 is 2.91 bits per heavy atom. The van der Waals surface area contributed by atoms with Gasteiger partial charge in [-0.25, -0.2) is 0 Å². The molecule has 5 heteroatoms. The van der Waals surface area contributed by atoms with Crippen molar-refractivity contribution in [1.82, 2.24) is 10.6 Å². The standard InChI is InChI=1S/C17H24N2O3/c20-14-9-15(18-11-14)17(21)19-10-13-7-4-8-22-16(13)12-5-2-1-3-6-12/h1-3,5-6,13-16,18,20H,4,7-11H2,(H,19,21). The molecule has 3 rings (SSSR count). The van der Waals surface area contributed by atoms with Crippen LogP contribution in [0.4, 0.5) is 0 Å². The molecule has 1 amide bonds. The number of β-amino-alcohol motifs (C(OH)–C–C–N with tert-alkyl or cyclic N) is 1. The summed E-state index contributed by atoms with van der Waals surface area (Å²) >= 11 is 0. The molecule has 1 aromatic carbocycles. The average Bonchev–Trinajstić information content (AvgIpc) is 3.00. The lowest BCUT2D eigenvalue weighted by Gasteiger charge is -2.32. The van der Waals surface area contributed by atoms with E-state index in [2.05, 4.69) is 22.8 Å². The van der Waals surface area contributed by atoms with E-state index in [1.165, 1.54) is 5.56 Å². The third-order valence-corrected chi connectivity index (χ3v) is 4.54. The first kappa shape index (κ1) is 15.5. The Bertz CT molecular complexity index is 494. The van der Waals surface area contributed by atoms with Crippen LogP contribution in [0.5, 0.6) is 0 Å². The SMILES string of the molecule is O=C(NCC1CCCOC1c1ccccc1)C1CC(O)CN1. The maximum atomic E-state index is 12.2. The van der Waals surface area contributed by atoms with Crippen LogP contribution in [-0.2, 0) is 9.53 Å². The van der Waals surface area contributed by atoms with Gasteiger partial charge in [0.2, 0.25) is 5.91 Å². The molecule has 4 atom stereocenters. The molecule has 0 aromatic heterocycles. The normalized spacial score (nSPS) is 31.9. The number of aliphatic hydroxyl groups excluding tert-OH is 1. The summed E-state index contributed by atoms with van der Waals surface area (Å²) in [5.41, 5.74) is 1.18. The zero-order valence-electron chi connectivity index (χ0n) is 12.7. The van der Waals surface area contributed by atoms with Crippen molar-refractivity contribution in [3.8, 4) is 0 Å². The Kier molecular flexibility index (Phi) is 5.08. The number of amides is 1. The molecule has 1 aromatic rings. The maximum Gasteiger partial charge on any atom is 0.237 e. The molecule has 120 valence electrons. The van der Waals surface area contributed by atoms with Crippen molar-refractivity contribution < 1.29 is 14.6 Å². The number of carbonyl (C=O) groups is 1. The van der Waals surface area contributed by atoms with E-state index in [-0.39, 0.29) is 18.1 Å². The summed E-state index contributed by atoms with van der Waals surface area (Å²) in [4.78, 5) is 12.2. The predicted molar refractivity (Wildman–Crippen MR) is 83.3 cm³/mol. The summed E-state index contributed by atoms with van der Waals surface area (Å²) in [7, 11) is 0. The van der Waals surface area contributed by atoms with Crippen LogP contribution in [0.2, 0.25) is 0 Å². The second-order valence-corrected chi connectivity index (χ2v) is 6.20. The molecule has 2 fully saturated rings. The maximum absolute atomic E-state index is 12.2. The Hall–Kier alpha value is -1.43. The van der Waals surface area contributed by atoms with Gasteiger partial charge >= 0.3 is 0 Å². The first-order valence-corrected chi connectivity index (χ1v) is 8.10. The van der Waals surface area contributed by atoms with E-state index in [1.54, 1.807) is 0 Å². The molecule has 2 saturated heterocycles. The third kappa shape index (κ3) is 3.66. The fourth-order valence-electron chi connectivity index (χ4n) is 3.34. The first-order chi connectivity index (χ1) is 10.7. The van der Waals surface area contributed by atoms with Crippen molar-refractivity contribution in [2.75, 3.05) is 19.7 Å². The quantitative estimate of drug-likeness (QED) is 0.776. The van der Waals surface area contributed by atoms with Gasteiger partial charge in [-0.3, -0.25) is 4.79 Å². The van der Waals surface area contributed by atoms with Crippen LogP contribution in [0.3, 0.4) is 0 Å². The van der Waals surface area contributed by atoms with Crippen molar-refractivity contribution in [3.05, 3.63) is 35.9 Å². The van der Waals surface area contributed by atoms with E-state index in [9.17, 15) is 9.90 Å². The fourth-order valence-corrected chi connectivity index (χ4v) is 3.34. The molecule has 2 aliphatic rings. The molecule has 0 aliphatic carbocycles. The molecule has 0 radical (unpaired) electrons. The minimum absolute atomic E-state index is 0.0195. The molecular weight excluding hydrogens is 280 g/mol. The van der Waals surface area contributed by atoms with Crippen molar-refractivity contribution in [2.24, 2.45) is 5.92 Å². The van der Waals surface area contributed by atoms with Gasteiger partial charge in [0.05, 0.1) is 18.2 Å². The summed E-state index contributed by atoms with van der Waals surface area (Å²) in [5, 5.41) is 15.6. The van der Waals surface area contributed by atoms with E-state index >= 15 is 0 Å². The van der Waals surface area contributed by atoms with Gasteiger partial charge in [0.15, 0.2) is 0 Å². The van der Waals surface area contributed by atoms with Crippen LogP contribution >= 0.6 is 0 Å². The number of carbonyl (C=O) groups excluding carboxylic acids is 1. The van der Waals surface area contributed by atoms with Gasteiger partial charge in [-0.15, -0.1) is 0 Å². The third-order valence-electron chi connectivity index (χ3n) is 4.54. The van der Waals surface area contributed by atoms with Gasteiger partial charge in [0.1, 0.15) is 0 Å². The molecule has 2 heterocycles. The molecule has 3 N–H and O–H groups in total. The van der Waals surface area contributed by atoms with Gasteiger partial charge in [-0.1, -0.05) is 30.3 Å². The van der Waals surface area contributed by atoms with Crippen LogP contribution in [-0.4, -0.2) is 42.9 Å². The van der Waals surface area contributed by atoms with Crippen molar-refractivity contribution >= 4 is 5.91 Å². The number of ether oxygens (including phenoxy) is 1. The zero-order chi connectivity index (χ0) is 15.4. The van der Waals surface area contributed by atoms with Gasteiger partial charge in [0, 0.05) is 25.6 Å². The van der Waals surface area contributed by atoms with Gasteiger partial charge < -0.3 is 20.5 Å². The van der Waals surface area contributed by atoms with Crippen LogP contribution in [0.15, 0.2) is 30.3 Å². The summed E-state index contributed by atoms with van der Waals surface area (Å²) in [5.74, 6) is 0.278. The highest BCUT2D eigenvalue weighted by Gasteiger charge is 2.31. The number of hydrogen-bond acceptors (Lipinski definition) is 4. The highest BCUT2D eigenvalue weighted by atomic mass is 16.5. The largest absolute Gasteiger partial charge is 0.392 e. The summed E-state index contributed by atoms with van der Waals surface area (Å²) in [6, 6.07) is 9.94. The molecule has 2 aliphatic heterocycles. The number of nitrogens with one attached hydrogen (secondary N) is 2. The lowest BCUT2D eigenvalue weighted by atomic mass is 9.89. The fraction of sp³-hybridized carbons (Fsp3) is 0.588. The van der Waals surface area contributed by atoms with E-state index in [4.69, 9.17) is 4.74 Å². The second kappa shape index (κ2) is 7.22. The Labute approximate surface area is 131 Å². The van der Waals surface area contributed by atoms with Gasteiger partial charge in [-0.05, 0) is 24.8 Å². The first-order valence-electron chi connectivity index (χ1n) is 8.10. The van der Waals surface area contributed by atoms with Crippen LogP contribution in [0.1, 0.15) is 30.9 Å². The summed E-state index contributed by atoms with van der Waals surface area (Å²) in [6.45, 7) is 1.89. The van der Waals surface area contributed by atoms with E-state index in [0.29, 0.717) is 25.4 Å². The lowest BCUT2D eigenvalue weighted by molar-refractivity contribution is -0.123. The van der Waals surface area contributed by atoms with E-state index in [0.717, 1.165) is 19.4 Å². The number of hydrogen-bond donors (Lipinski definition) is 3. The minimum atomic E-state index is -0.411. The van der Waals surface area contributed by atoms with Crippen molar-refractivity contribution in [3.63, 3.8) is 0 Å². The molecule has 4 unspecified atom stereocenters. The Morgan fingerprint density at radius 2 is 2.18 bits per heavy atom. The van der Waals surface area contributed by atoms with Crippen LogP contribution in [0, 0.1) is 5.92 Å². The molecular formula is C17H24N2O3. The molecule has 5 nitrogen and oxygen atoms in total. The highest BCUT2D eigenvalue weighted by molar-refractivity contribution is 5.82. The number of benzene rings is 1. The zero-order valence-corrected chi connectivity index (χ0v) is 12.7. The lowest BCUT2D eigenvalue weighted by Crippen LogP contribution is -2.43. The van der Waals surface area contributed by atoms with E-state index < -0.39 is 6.10 Å². The van der Waals surface area contributed by atoms with Crippen molar-refractivity contribution in [2.45, 2.75) is 37.5 Å². The van der Waals surface area contributed by atoms with Gasteiger partial charge in [-0.2, -0.15) is 0 Å². The predicted octanol–water partition coefficient (Wildman–Crippen LogP) is 0.993. The molecule has 0 saturated carbocycles. The topological polar surface area (TPSA) is 70.6 Å². The second-order valence-electron chi connectivity index (χ2n) is 6.20. The molecule has 22 heavy (non-hydrogen) atoms. The minimum Gasteiger partial charge on any atom is -0.392 e. The Balaban J connectivity index is 1.57. The van der Waals surface area contributed by atoms with E-state index in [1.807, 2.05) is 18.2 Å². The number of aliphatic hydroxyl groups is 1. The monoisotopic (exact) mass is 304 g/mol. The van der Waals surface area contributed by atoms with Crippen molar-refractivity contribution in [1.29, 1.82) is 0 Å². The average molecular weight is 304 g/mol.